The van der Waals surface area contributed by atoms with Gasteiger partial charge in [-0.25, -0.2) is 4.68 Å². The van der Waals surface area contributed by atoms with Gasteiger partial charge in [0.2, 0.25) is 0 Å². The Balaban J connectivity index is 3.08. The van der Waals surface area contributed by atoms with Crippen molar-refractivity contribution in [1.29, 1.82) is 0 Å². The minimum atomic E-state index is -0.381. The molecule has 1 aromatic rings. The Morgan fingerprint density at radius 3 is 2.43 bits per heavy atom. The van der Waals surface area contributed by atoms with E-state index in [1.165, 1.54) is 6.20 Å². The van der Waals surface area contributed by atoms with E-state index in [-0.39, 0.29) is 17.2 Å². The van der Waals surface area contributed by atoms with Crippen LogP contribution in [0.15, 0.2) is 6.20 Å². The molecule has 1 aromatic heterocycles. The van der Waals surface area contributed by atoms with Crippen LogP contribution in [-0.4, -0.2) is 20.8 Å². The molecular weight excluding hydrogens is 178 g/mol. The SMILES string of the molecule is CC(C)n1nncc1C(=O)C(C)(C)C. The Morgan fingerprint density at radius 1 is 1.43 bits per heavy atom. The molecule has 0 fully saturated rings. The molecule has 0 aromatic carbocycles. The standard InChI is InChI=1S/C10H17N3O/c1-7(2)13-8(6-11-12-13)9(14)10(3,4)5/h6-7H,1-5H3. The summed E-state index contributed by atoms with van der Waals surface area (Å²) in [5.41, 5.74) is 0.210. The molecule has 1 heterocycles. The molecule has 0 spiro atoms. The van der Waals surface area contributed by atoms with E-state index in [0.29, 0.717) is 5.69 Å². The van der Waals surface area contributed by atoms with Gasteiger partial charge in [0.1, 0.15) is 5.69 Å². The third kappa shape index (κ3) is 2.00. The van der Waals surface area contributed by atoms with Crippen LogP contribution in [0.4, 0.5) is 0 Å². The third-order valence-electron chi connectivity index (χ3n) is 1.98. The fourth-order valence-corrected chi connectivity index (χ4v) is 1.17. The van der Waals surface area contributed by atoms with E-state index < -0.39 is 0 Å². The van der Waals surface area contributed by atoms with Crippen molar-refractivity contribution >= 4 is 5.78 Å². The first-order valence-electron chi connectivity index (χ1n) is 4.79. The molecule has 14 heavy (non-hydrogen) atoms. The van der Waals surface area contributed by atoms with Gasteiger partial charge in [0.05, 0.1) is 6.20 Å². The first kappa shape index (κ1) is 10.9. The average Bonchev–Trinajstić information content (AvgIpc) is 2.48. The zero-order chi connectivity index (χ0) is 10.9. The second-order valence-corrected chi connectivity index (χ2v) is 4.74. The fraction of sp³-hybridized carbons (Fsp3) is 0.700. The maximum Gasteiger partial charge on any atom is 0.187 e. The van der Waals surface area contributed by atoms with Gasteiger partial charge in [-0.3, -0.25) is 4.79 Å². The predicted molar refractivity (Wildman–Crippen MR) is 54.2 cm³/mol. The van der Waals surface area contributed by atoms with Gasteiger partial charge >= 0.3 is 0 Å². The number of rotatable bonds is 2. The first-order valence-corrected chi connectivity index (χ1v) is 4.79. The zero-order valence-electron chi connectivity index (χ0n) is 9.40. The van der Waals surface area contributed by atoms with Crippen molar-refractivity contribution in [3.63, 3.8) is 0 Å². The molecule has 0 aliphatic carbocycles. The molecule has 0 unspecified atom stereocenters. The number of carbonyl (C=O) groups is 1. The molecule has 0 radical (unpaired) electrons. The Kier molecular flexibility index (Phi) is 2.73. The van der Waals surface area contributed by atoms with E-state index in [9.17, 15) is 4.79 Å². The van der Waals surface area contributed by atoms with Crippen LogP contribution >= 0.6 is 0 Å². The highest BCUT2D eigenvalue weighted by Crippen LogP contribution is 2.21. The molecule has 0 aliphatic rings. The lowest BCUT2D eigenvalue weighted by Crippen LogP contribution is -2.24. The van der Waals surface area contributed by atoms with Gasteiger partial charge in [-0.2, -0.15) is 0 Å². The van der Waals surface area contributed by atoms with Gasteiger partial charge in [-0.15, -0.1) is 5.10 Å². The van der Waals surface area contributed by atoms with Crippen LogP contribution in [0.5, 0.6) is 0 Å². The molecule has 1 rings (SSSR count). The molecular formula is C10H17N3O. The maximum absolute atomic E-state index is 12.0. The van der Waals surface area contributed by atoms with Gasteiger partial charge in [0, 0.05) is 11.5 Å². The second kappa shape index (κ2) is 3.52. The van der Waals surface area contributed by atoms with Crippen molar-refractivity contribution in [2.45, 2.75) is 40.7 Å². The van der Waals surface area contributed by atoms with Gasteiger partial charge in [-0.05, 0) is 13.8 Å². The highest BCUT2D eigenvalue weighted by molar-refractivity contribution is 5.98. The minimum Gasteiger partial charge on any atom is -0.292 e. The minimum absolute atomic E-state index is 0.0798. The average molecular weight is 195 g/mol. The summed E-state index contributed by atoms with van der Waals surface area (Å²) in [5.74, 6) is 0.0798. The Hall–Kier alpha value is -1.19. The summed E-state index contributed by atoms with van der Waals surface area (Å²) in [4.78, 5) is 12.0. The number of hydrogen-bond acceptors (Lipinski definition) is 3. The van der Waals surface area contributed by atoms with E-state index in [4.69, 9.17) is 0 Å². The summed E-state index contributed by atoms with van der Waals surface area (Å²) in [6, 6.07) is 0.166. The van der Waals surface area contributed by atoms with Gasteiger partial charge in [-0.1, -0.05) is 26.0 Å². The fourth-order valence-electron chi connectivity index (χ4n) is 1.17. The molecule has 0 bridgehead atoms. The molecule has 4 nitrogen and oxygen atoms in total. The topological polar surface area (TPSA) is 47.8 Å². The molecule has 0 amide bonds. The van der Waals surface area contributed by atoms with Crippen LogP contribution in [0.3, 0.4) is 0 Å². The number of hydrogen-bond donors (Lipinski definition) is 0. The van der Waals surface area contributed by atoms with Crippen molar-refractivity contribution in [2.75, 3.05) is 0 Å². The van der Waals surface area contributed by atoms with Crippen LogP contribution < -0.4 is 0 Å². The Labute approximate surface area is 84.3 Å². The van der Waals surface area contributed by atoms with Gasteiger partial charge < -0.3 is 0 Å². The van der Waals surface area contributed by atoms with Crippen molar-refractivity contribution in [2.24, 2.45) is 5.41 Å². The summed E-state index contributed by atoms with van der Waals surface area (Å²) in [5, 5.41) is 7.67. The van der Waals surface area contributed by atoms with E-state index in [0.717, 1.165) is 0 Å². The Bertz CT molecular complexity index is 333. The molecule has 0 saturated carbocycles. The van der Waals surface area contributed by atoms with E-state index >= 15 is 0 Å². The number of aromatic nitrogens is 3. The number of carbonyl (C=O) groups excluding carboxylic acids is 1. The zero-order valence-corrected chi connectivity index (χ0v) is 9.40. The van der Waals surface area contributed by atoms with Crippen LogP contribution in [-0.2, 0) is 0 Å². The van der Waals surface area contributed by atoms with E-state index in [1.807, 2.05) is 34.6 Å². The summed E-state index contributed by atoms with van der Waals surface area (Å²) < 4.78 is 1.66. The van der Waals surface area contributed by atoms with Crippen LogP contribution in [0.25, 0.3) is 0 Å². The molecule has 0 atom stereocenters. The molecule has 0 saturated heterocycles. The van der Waals surface area contributed by atoms with Crippen molar-refractivity contribution in [3.8, 4) is 0 Å². The van der Waals surface area contributed by atoms with Crippen LogP contribution in [0.1, 0.15) is 51.1 Å². The lowest BCUT2D eigenvalue weighted by atomic mass is 9.89. The van der Waals surface area contributed by atoms with E-state index in [1.54, 1.807) is 4.68 Å². The van der Waals surface area contributed by atoms with Crippen LogP contribution in [0.2, 0.25) is 0 Å². The smallest absolute Gasteiger partial charge is 0.187 e. The third-order valence-corrected chi connectivity index (χ3v) is 1.98. The number of nitrogens with zero attached hydrogens (tertiary/aromatic N) is 3. The molecule has 78 valence electrons. The summed E-state index contributed by atoms with van der Waals surface area (Å²) in [6.07, 6.45) is 1.54. The summed E-state index contributed by atoms with van der Waals surface area (Å²) in [6.45, 7) is 9.65. The molecule has 0 N–H and O–H groups in total. The highest BCUT2D eigenvalue weighted by atomic mass is 16.1. The molecule has 4 heteroatoms. The predicted octanol–water partition coefficient (Wildman–Crippen LogP) is 2.09. The summed E-state index contributed by atoms with van der Waals surface area (Å²) in [7, 11) is 0. The lowest BCUT2D eigenvalue weighted by Gasteiger charge is -2.17. The monoisotopic (exact) mass is 195 g/mol. The first-order chi connectivity index (χ1) is 6.34. The number of Topliss-reactive ketones (excluding diaryl/α,β-unsaturated/α-hetero) is 1. The summed E-state index contributed by atoms with van der Waals surface area (Å²) >= 11 is 0. The van der Waals surface area contributed by atoms with Gasteiger partial charge in [0.15, 0.2) is 5.78 Å². The Morgan fingerprint density at radius 2 is 2.00 bits per heavy atom. The second-order valence-electron chi connectivity index (χ2n) is 4.74. The molecule has 0 aliphatic heterocycles. The van der Waals surface area contributed by atoms with Crippen molar-refractivity contribution in [1.82, 2.24) is 15.0 Å². The lowest BCUT2D eigenvalue weighted by molar-refractivity contribution is 0.0844. The maximum atomic E-state index is 12.0. The van der Waals surface area contributed by atoms with Crippen molar-refractivity contribution in [3.05, 3.63) is 11.9 Å². The normalized spacial score (nSPS) is 12.1. The quantitative estimate of drug-likeness (QED) is 0.679. The van der Waals surface area contributed by atoms with Crippen LogP contribution in [0, 0.1) is 5.41 Å². The van der Waals surface area contributed by atoms with Crippen molar-refractivity contribution < 1.29 is 4.79 Å². The largest absolute Gasteiger partial charge is 0.292 e. The van der Waals surface area contributed by atoms with Gasteiger partial charge in [0.25, 0.3) is 0 Å². The van der Waals surface area contributed by atoms with E-state index in [2.05, 4.69) is 10.3 Å². The highest BCUT2D eigenvalue weighted by Gasteiger charge is 2.26. The number of ketones is 1.